The molecule has 88 valence electrons. The number of hydrogen-bond donors (Lipinski definition) is 0. The molecule has 13 heavy (non-hydrogen) atoms. The van der Waals surface area contributed by atoms with E-state index in [4.69, 9.17) is 0 Å². The van der Waals surface area contributed by atoms with Crippen molar-refractivity contribution in [3.05, 3.63) is 61.4 Å². The average molecular weight is 401 g/mol. The van der Waals surface area contributed by atoms with Gasteiger partial charge in [0.2, 0.25) is 0 Å². The van der Waals surface area contributed by atoms with E-state index in [1.54, 1.807) is 0 Å². The fourth-order valence-corrected chi connectivity index (χ4v) is 0.340. The predicted molar refractivity (Wildman–Crippen MR) is 71.5 cm³/mol. The SMILES string of the molecule is [Br][Ru][Br].[C-]1=CC=CC1.[CH3-].[CH3-].[CH3-].[CH3-].[CH3-]. The maximum atomic E-state index is 3.15. The molecule has 1 aliphatic carbocycles. The van der Waals surface area contributed by atoms with Crippen molar-refractivity contribution < 1.29 is 13.2 Å². The van der Waals surface area contributed by atoms with Crippen LogP contribution in [0.25, 0.3) is 0 Å². The van der Waals surface area contributed by atoms with E-state index in [1.807, 2.05) is 12.2 Å². The molecule has 0 saturated carbocycles. The molecule has 0 bridgehead atoms. The zero-order chi connectivity index (χ0) is 6.24. The minimum atomic E-state index is 0. The molecule has 0 fully saturated rings. The topological polar surface area (TPSA) is 0 Å². The van der Waals surface area contributed by atoms with Gasteiger partial charge in [0, 0.05) is 0 Å². The molecule has 0 N–H and O–H groups in total. The Hall–Kier alpha value is 1.06. The maximum Gasteiger partial charge on any atom is -0.109 e. The number of rotatable bonds is 0. The Balaban J connectivity index is -0.0000000144. The fourth-order valence-electron chi connectivity index (χ4n) is 0.340. The van der Waals surface area contributed by atoms with E-state index in [2.05, 4.69) is 39.4 Å². The Morgan fingerprint density at radius 2 is 1.38 bits per heavy atom. The van der Waals surface area contributed by atoms with Crippen LogP contribution in [-0.4, -0.2) is 0 Å². The Bertz CT molecular complexity index is 80.9. The largest absolute Gasteiger partial charge is 0.358 e. The smallest absolute Gasteiger partial charge is 0.109 e. The first-order valence-corrected chi connectivity index (χ1v) is 9.93. The third-order valence-electron chi connectivity index (χ3n) is 0.586. The minimum Gasteiger partial charge on any atom is -0.358 e. The second-order valence-electron chi connectivity index (χ2n) is 1.05. The normalized spacial score (nSPS) is 8.46. The molecule has 0 radical (unpaired) electrons. The molecular formula is C10H20Br2Ru-6. The summed E-state index contributed by atoms with van der Waals surface area (Å²) in [5.74, 6) is 0. The van der Waals surface area contributed by atoms with Crippen LogP contribution in [0, 0.1) is 43.2 Å². The zero-order valence-electron chi connectivity index (χ0n) is 9.05. The first-order valence-electron chi connectivity index (χ1n) is 1.98. The molecule has 0 saturated heterocycles. The Labute approximate surface area is 108 Å². The molecule has 1 rings (SSSR count). The van der Waals surface area contributed by atoms with E-state index in [1.165, 1.54) is 0 Å². The molecule has 1 aliphatic rings. The molecular weight excluding hydrogens is 381 g/mol. The van der Waals surface area contributed by atoms with E-state index in [9.17, 15) is 0 Å². The Kier molecular flexibility index (Phi) is 108. The van der Waals surface area contributed by atoms with Gasteiger partial charge in [-0.25, -0.2) is 12.2 Å². The zero-order valence-corrected chi connectivity index (χ0v) is 14.0. The van der Waals surface area contributed by atoms with Gasteiger partial charge in [-0.15, -0.1) is 6.42 Å². The van der Waals surface area contributed by atoms with Crippen molar-refractivity contribution in [1.82, 2.24) is 0 Å². The summed E-state index contributed by atoms with van der Waals surface area (Å²) in [4.78, 5) is 0. The van der Waals surface area contributed by atoms with Crippen molar-refractivity contribution in [2.45, 2.75) is 6.42 Å². The number of allylic oxidation sites excluding steroid dienone is 4. The third-order valence-corrected chi connectivity index (χ3v) is 0.586. The van der Waals surface area contributed by atoms with Crippen molar-refractivity contribution in [3.63, 3.8) is 0 Å². The van der Waals surface area contributed by atoms with E-state index in [0.717, 1.165) is 6.42 Å². The van der Waals surface area contributed by atoms with Gasteiger partial charge in [0.05, 0.1) is 0 Å². The molecule has 0 spiro atoms. The minimum absolute atomic E-state index is 0. The Morgan fingerprint density at radius 1 is 1.00 bits per heavy atom. The van der Waals surface area contributed by atoms with Gasteiger partial charge in [-0.1, -0.05) is 0 Å². The molecule has 0 nitrogen and oxygen atoms in total. The van der Waals surface area contributed by atoms with E-state index in [-0.39, 0.29) is 37.1 Å². The molecule has 0 atom stereocenters. The van der Waals surface area contributed by atoms with Crippen LogP contribution in [0.15, 0.2) is 18.2 Å². The van der Waals surface area contributed by atoms with Gasteiger partial charge in [-0.2, -0.15) is 6.08 Å². The quantitative estimate of drug-likeness (QED) is 0.385. The fraction of sp³-hybridized carbons (Fsp3) is 0.100. The summed E-state index contributed by atoms with van der Waals surface area (Å²) in [5, 5.41) is 0. The molecule has 3 heteroatoms. The second kappa shape index (κ2) is 38.1. The van der Waals surface area contributed by atoms with E-state index in [0.29, 0.717) is 13.2 Å². The second-order valence-corrected chi connectivity index (χ2v) is 9.07. The molecule has 0 heterocycles. The van der Waals surface area contributed by atoms with Gasteiger partial charge in [0.25, 0.3) is 0 Å². The molecule has 0 aromatic carbocycles. The van der Waals surface area contributed by atoms with Crippen LogP contribution in [0.1, 0.15) is 6.42 Å². The average Bonchev–Trinajstić information content (AvgIpc) is 2.17. The summed E-state index contributed by atoms with van der Waals surface area (Å²) >= 11 is 6.64. The number of halogens is 2. The monoisotopic (exact) mass is 400 g/mol. The van der Waals surface area contributed by atoms with Crippen molar-refractivity contribution >= 4 is 27.2 Å². The van der Waals surface area contributed by atoms with E-state index < -0.39 is 0 Å². The van der Waals surface area contributed by atoms with Crippen molar-refractivity contribution in [3.8, 4) is 0 Å². The molecule has 0 aliphatic heterocycles. The van der Waals surface area contributed by atoms with Gasteiger partial charge < -0.3 is 37.1 Å². The van der Waals surface area contributed by atoms with Crippen LogP contribution < -0.4 is 0 Å². The summed E-state index contributed by atoms with van der Waals surface area (Å²) in [6.07, 6.45) is 10.0. The van der Waals surface area contributed by atoms with Crippen molar-refractivity contribution in [1.29, 1.82) is 0 Å². The van der Waals surface area contributed by atoms with Crippen LogP contribution in [-0.2, 0) is 13.2 Å². The third kappa shape index (κ3) is 43.5. The molecule has 0 aromatic heterocycles. The summed E-state index contributed by atoms with van der Waals surface area (Å²) in [7, 11) is 0. The summed E-state index contributed by atoms with van der Waals surface area (Å²) < 4.78 is 0. The molecule has 0 unspecified atom stereocenters. The summed E-state index contributed by atoms with van der Waals surface area (Å²) in [5.41, 5.74) is 0. The van der Waals surface area contributed by atoms with Crippen molar-refractivity contribution in [2.75, 3.05) is 0 Å². The predicted octanol–water partition coefficient (Wildman–Crippen LogP) is 5.25. The van der Waals surface area contributed by atoms with Crippen LogP contribution >= 0.6 is 27.2 Å². The standard InChI is InChI=1S/C5H5.5CH3.2BrH.Ru/c1-2-4-5-3-1;;;;;;;;/h1-3H,4H2;5*1H3;2*1H;/q6*-1;;;+2/p-2. The van der Waals surface area contributed by atoms with Gasteiger partial charge in [0.1, 0.15) is 0 Å². The van der Waals surface area contributed by atoms with Crippen LogP contribution in [0.2, 0.25) is 0 Å². The van der Waals surface area contributed by atoms with Gasteiger partial charge in [0.15, 0.2) is 0 Å². The molecule has 0 amide bonds. The summed E-state index contributed by atoms with van der Waals surface area (Å²) in [6, 6.07) is 0. The van der Waals surface area contributed by atoms with Gasteiger partial charge in [-0.3, -0.25) is 6.08 Å². The van der Waals surface area contributed by atoms with Crippen LogP contribution in [0.5, 0.6) is 0 Å². The van der Waals surface area contributed by atoms with Crippen molar-refractivity contribution in [2.24, 2.45) is 0 Å². The number of hydrogen-bond acceptors (Lipinski definition) is 0. The van der Waals surface area contributed by atoms with E-state index >= 15 is 0 Å². The molecule has 0 aromatic rings. The Morgan fingerprint density at radius 3 is 1.46 bits per heavy atom. The van der Waals surface area contributed by atoms with Crippen LogP contribution in [0.3, 0.4) is 0 Å². The van der Waals surface area contributed by atoms with Gasteiger partial charge in [-0.05, 0) is 0 Å². The van der Waals surface area contributed by atoms with Gasteiger partial charge >= 0.3 is 40.5 Å². The summed E-state index contributed by atoms with van der Waals surface area (Å²) in [6.45, 7) is 0. The first kappa shape index (κ1) is 36.9. The first-order chi connectivity index (χ1) is 3.91. The van der Waals surface area contributed by atoms with Crippen LogP contribution in [0.4, 0.5) is 0 Å². The maximum absolute atomic E-state index is 3.15.